The molecule has 4 nitrogen and oxygen atoms in total. The lowest BCUT2D eigenvalue weighted by Crippen LogP contribution is -2.03. The quantitative estimate of drug-likeness (QED) is 0.644. The van der Waals surface area contributed by atoms with Gasteiger partial charge in [0.05, 0.1) is 0 Å². The van der Waals surface area contributed by atoms with Crippen molar-refractivity contribution >= 4 is 5.82 Å². The Balaban J connectivity index is 2.07. The topological polar surface area (TPSA) is 58.0 Å². The minimum absolute atomic E-state index is 0.283. The van der Waals surface area contributed by atoms with Crippen molar-refractivity contribution in [3.05, 3.63) is 18.3 Å². The molecule has 0 saturated carbocycles. The first-order chi connectivity index (χ1) is 6.43. The summed E-state index contributed by atoms with van der Waals surface area (Å²) in [4.78, 5) is 0. The van der Waals surface area contributed by atoms with Gasteiger partial charge >= 0.3 is 0 Å². The number of hydrogen-bond acceptors (Lipinski definition) is 4. The summed E-state index contributed by atoms with van der Waals surface area (Å²) in [5.41, 5.74) is 0. The van der Waals surface area contributed by atoms with Gasteiger partial charge in [-0.05, 0) is 31.4 Å². The molecular weight excluding hydrogens is 166 g/mol. The van der Waals surface area contributed by atoms with Gasteiger partial charge in [0.1, 0.15) is 5.82 Å². The van der Waals surface area contributed by atoms with Crippen LogP contribution in [0.25, 0.3) is 0 Å². The fourth-order valence-electron chi connectivity index (χ4n) is 1.03. The van der Waals surface area contributed by atoms with Gasteiger partial charge in [0.2, 0.25) is 0 Å². The van der Waals surface area contributed by atoms with Crippen LogP contribution in [0.3, 0.4) is 0 Å². The van der Waals surface area contributed by atoms with E-state index in [1.54, 1.807) is 6.20 Å². The van der Waals surface area contributed by atoms with Crippen LogP contribution in [0.1, 0.15) is 19.3 Å². The molecule has 4 heteroatoms. The molecule has 0 aliphatic carbocycles. The molecule has 0 fully saturated rings. The SMILES string of the molecule is OCCCCCNc1cccnn1. The molecule has 1 aromatic heterocycles. The van der Waals surface area contributed by atoms with Crippen molar-refractivity contribution in [1.29, 1.82) is 0 Å². The number of aromatic nitrogens is 2. The van der Waals surface area contributed by atoms with Gasteiger partial charge in [0.15, 0.2) is 0 Å². The minimum Gasteiger partial charge on any atom is -0.396 e. The van der Waals surface area contributed by atoms with Crippen molar-refractivity contribution in [2.75, 3.05) is 18.5 Å². The van der Waals surface area contributed by atoms with Gasteiger partial charge in [0.25, 0.3) is 0 Å². The second-order valence-electron chi connectivity index (χ2n) is 2.82. The van der Waals surface area contributed by atoms with Crippen molar-refractivity contribution < 1.29 is 5.11 Å². The van der Waals surface area contributed by atoms with E-state index >= 15 is 0 Å². The highest BCUT2D eigenvalue weighted by molar-refractivity contribution is 5.30. The van der Waals surface area contributed by atoms with E-state index in [9.17, 15) is 0 Å². The summed E-state index contributed by atoms with van der Waals surface area (Å²) in [5.74, 6) is 0.812. The summed E-state index contributed by atoms with van der Waals surface area (Å²) in [5, 5.41) is 19.3. The molecule has 0 amide bonds. The van der Waals surface area contributed by atoms with Crippen LogP contribution < -0.4 is 5.32 Å². The Labute approximate surface area is 78.0 Å². The monoisotopic (exact) mass is 181 g/mol. The molecule has 0 aliphatic rings. The zero-order valence-corrected chi connectivity index (χ0v) is 7.61. The van der Waals surface area contributed by atoms with Crippen LogP contribution in [-0.4, -0.2) is 28.5 Å². The molecule has 0 atom stereocenters. The first-order valence-electron chi connectivity index (χ1n) is 4.56. The van der Waals surface area contributed by atoms with Crippen LogP contribution in [0.5, 0.6) is 0 Å². The van der Waals surface area contributed by atoms with Crippen LogP contribution in [-0.2, 0) is 0 Å². The zero-order chi connectivity index (χ0) is 9.36. The third-order valence-corrected chi connectivity index (χ3v) is 1.71. The molecule has 0 saturated heterocycles. The van der Waals surface area contributed by atoms with Gasteiger partial charge in [-0.15, -0.1) is 5.10 Å². The Morgan fingerprint density at radius 1 is 1.31 bits per heavy atom. The van der Waals surface area contributed by atoms with Crippen LogP contribution in [0.15, 0.2) is 18.3 Å². The number of nitrogens with one attached hydrogen (secondary N) is 1. The number of hydrogen-bond donors (Lipinski definition) is 2. The molecule has 1 rings (SSSR count). The van der Waals surface area contributed by atoms with Crippen LogP contribution >= 0.6 is 0 Å². The second-order valence-corrected chi connectivity index (χ2v) is 2.82. The fraction of sp³-hybridized carbons (Fsp3) is 0.556. The Kier molecular flexibility index (Phi) is 4.86. The number of rotatable bonds is 6. The maximum Gasteiger partial charge on any atom is 0.148 e. The number of aliphatic hydroxyl groups is 1. The zero-order valence-electron chi connectivity index (χ0n) is 7.61. The summed E-state index contributed by atoms with van der Waals surface area (Å²) in [6, 6.07) is 3.74. The lowest BCUT2D eigenvalue weighted by molar-refractivity contribution is 0.283. The Morgan fingerprint density at radius 3 is 2.92 bits per heavy atom. The van der Waals surface area contributed by atoms with E-state index in [1.807, 2.05) is 12.1 Å². The third kappa shape index (κ3) is 4.42. The highest BCUT2D eigenvalue weighted by atomic mass is 16.2. The van der Waals surface area contributed by atoms with Gasteiger partial charge < -0.3 is 10.4 Å². The number of nitrogens with zero attached hydrogens (tertiary/aromatic N) is 2. The van der Waals surface area contributed by atoms with E-state index in [2.05, 4.69) is 15.5 Å². The smallest absolute Gasteiger partial charge is 0.148 e. The Bertz CT molecular complexity index is 215. The molecular formula is C9H15N3O. The van der Waals surface area contributed by atoms with Crippen molar-refractivity contribution in [3.8, 4) is 0 Å². The van der Waals surface area contributed by atoms with Crippen LogP contribution in [0.4, 0.5) is 5.82 Å². The van der Waals surface area contributed by atoms with Crippen molar-refractivity contribution in [2.45, 2.75) is 19.3 Å². The molecule has 0 unspecified atom stereocenters. The summed E-state index contributed by atoms with van der Waals surface area (Å²) in [6.07, 6.45) is 4.62. The highest BCUT2D eigenvalue weighted by Gasteiger charge is 1.91. The molecule has 0 bridgehead atoms. The minimum atomic E-state index is 0.283. The molecule has 0 aliphatic heterocycles. The van der Waals surface area contributed by atoms with Gasteiger partial charge in [-0.2, -0.15) is 5.10 Å². The van der Waals surface area contributed by atoms with Crippen molar-refractivity contribution in [2.24, 2.45) is 0 Å². The third-order valence-electron chi connectivity index (χ3n) is 1.71. The van der Waals surface area contributed by atoms with E-state index < -0.39 is 0 Å². The van der Waals surface area contributed by atoms with Gasteiger partial charge in [-0.1, -0.05) is 0 Å². The molecule has 0 radical (unpaired) electrons. The highest BCUT2D eigenvalue weighted by Crippen LogP contribution is 1.99. The molecule has 72 valence electrons. The fourth-order valence-corrected chi connectivity index (χ4v) is 1.03. The maximum absolute atomic E-state index is 8.54. The molecule has 13 heavy (non-hydrogen) atoms. The standard InChI is InChI=1S/C9H15N3O/c13-8-3-1-2-6-10-9-5-4-7-11-12-9/h4-5,7,13H,1-3,6,8H2,(H,10,12). The Hall–Kier alpha value is -1.16. The summed E-state index contributed by atoms with van der Waals surface area (Å²) in [6.45, 7) is 1.17. The van der Waals surface area contributed by atoms with Crippen molar-refractivity contribution in [3.63, 3.8) is 0 Å². The largest absolute Gasteiger partial charge is 0.396 e. The van der Waals surface area contributed by atoms with Gasteiger partial charge in [0, 0.05) is 19.3 Å². The number of anilines is 1. The van der Waals surface area contributed by atoms with Crippen molar-refractivity contribution in [1.82, 2.24) is 10.2 Å². The first kappa shape index (κ1) is 9.92. The van der Waals surface area contributed by atoms with E-state index in [1.165, 1.54) is 0 Å². The molecule has 1 heterocycles. The van der Waals surface area contributed by atoms with Gasteiger partial charge in [-0.25, -0.2) is 0 Å². The predicted octanol–water partition coefficient (Wildman–Crippen LogP) is 1.05. The molecule has 1 aromatic rings. The number of aliphatic hydroxyl groups excluding tert-OH is 1. The number of unbranched alkanes of at least 4 members (excludes halogenated alkanes) is 2. The summed E-state index contributed by atoms with van der Waals surface area (Å²) >= 11 is 0. The maximum atomic E-state index is 8.54. The van der Waals surface area contributed by atoms with E-state index in [0.29, 0.717) is 0 Å². The van der Waals surface area contributed by atoms with E-state index in [0.717, 1.165) is 31.6 Å². The lowest BCUT2D eigenvalue weighted by atomic mass is 10.2. The molecule has 0 spiro atoms. The lowest BCUT2D eigenvalue weighted by Gasteiger charge is -2.02. The summed E-state index contributed by atoms with van der Waals surface area (Å²) in [7, 11) is 0. The molecule has 2 N–H and O–H groups in total. The Morgan fingerprint density at radius 2 is 2.23 bits per heavy atom. The molecule has 0 aromatic carbocycles. The van der Waals surface area contributed by atoms with Gasteiger partial charge in [-0.3, -0.25) is 0 Å². The average Bonchev–Trinajstić information content (AvgIpc) is 2.19. The van der Waals surface area contributed by atoms with E-state index in [-0.39, 0.29) is 6.61 Å². The first-order valence-corrected chi connectivity index (χ1v) is 4.56. The normalized spacial score (nSPS) is 9.92. The van der Waals surface area contributed by atoms with E-state index in [4.69, 9.17) is 5.11 Å². The van der Waals surface area contributed by atoms with Crippen LogP contribution in [0.2, 0.25) is 0 Å². The predicted molar refractivity (Wildman–Crippen MR) is 51.5 cm³/mol. The second kappa shape index (κ2) is 6.37. The summed E-state index contributed by atoms with van der Waals surface area (Å²) < 4.78 is 0. The van der Waals surface area contributed by atoms with Crippen LogP contribution in [0, 0.1) is 0 Å². The average molecular weight is 181 g/mol.